The molecule has 110 valence electrons. The first-order chi connectivity index (χ1) is 9.51. The Morgan fingerprint density at radius 3 is 2.50 bits per heavy atom. The number of ether oxygens (including phenoxy) is 2. The van der Waals surface area contributed by atoms with Crippen LogP contribution >= 0.6 is 15.9 Å². The summed E-state index contributed by atoms with van der Waals surface area (Å²) in [4.78, 5) is 22.8. The van der Waals surface area contributed by atoms with Crippen molar-refractivity contribution in [1.29, 1.82) is 0 Å². The fourth-order valence-corrected chi connectivity index (χ4v) is 1.54. The van der Waals surface area contributed by atoms with Crippen LogP contribution in [0, 0.1) is 0 Å². The van der Waals surface area contributed by atoms with Crippen LogP contribution in [0.25, 0.3) is 0 Å². The molecule has 1 N–H and O–H groups in total. The summed E-state index contributed by atoms with van der Waals surface area (Å²) in [6, 6.07) is 7.14. The van der Waals surface area contributed by atoms with E-state index in [1.165, 1.54) is 0 Å². The lowest BCUT2D eigenvalue weighted by atomic mass is 10.2. The van der Waals surface area contributed by atoms with E-state index in [1.807, 2.05) is 13.8 Å². The number of carbonyl (C=O) groups is 2. The summed E-state index contributed by atoms with van der Waals surface area (Å²) in [5, 5.41) is 2.70. The summed E-state index contributed by atoms with van der Waals surface area (Å²) >= 11 is 3.30. The van der Waals surface area contributed by atoms with Gasteiger partial charge < -0.3 is 14.8 Å². The predicted octanol–water partition coefficient (Wildman–Crippen LogP) is 2.29. The van der Waals surface area contributed by atoms with E-state index in [1.54, 1.807) is 24.3 Å². The van der Waals surface area contributed by atoms with E-state index in [4.69, 9.17) is 9.47 Å². The Morgan fingerprint density at radius 1 is 1.25 bits per heavy atom. The van der Waals surface area contributed by atoms with Crippen molar-refractivity contribution in [2.75, 3.05) is 13.2 Å². The summed E-state index contributed by atoms with van der Waals surface area (Å²) < 4.78 is 11.0. The van der Waals surface area contributed by atoms with Crippen molar-refractivity contribution in [3.05, 3.63) is 28.7 Å². The number of halogens is 1. The molecule has 1 unspecified atom stereocenters. The topological polar surface area (TPSA) is 64.6 Å². The Balaban J connectivity index is 2.23. The number of amides is 1. The van der Waals surface area contributed by atoms with Gasteiger partial charge in [-0.25, -0.2) is 4.79 Å². The van der Waals surface area contributed by atoms with E-state index < -0.39 is 5.97 Å². The molecule has 0 bridgehead atoms. The zero-order valence-corrected chi connectivity index (χ0v) is 13.1. The monoisotopic (exact) mass is 343 g/mol. The van der Waals surface area contributed by atoms with Gasteiger partial charge in [0, 0.05) is 10.5 Å². The summed E-state index contributed by atoms with van der Waals surface area (Å²) in [5.41, 5.74) is 0. The van der Waals surface area contributed by atoms with Crippen LogP contribution in [0.1, 0.15) is 20.3 Å². The maximum atomic E-state index is 11.4. The van der Waals surface area contributed by atoms with Gasteiger partial charge in [-0.05, 0) is 37.6 Å². The molecule has 0 saturated carbocycles. The van der Waals surface area contributed by atoms with Crippen LogP contribution in [0.5, 0.6) is 5.75 Å². The molecular formula is C14H18BrNO4. The van der Waals surface area contributed by atoms with Crippen LogP contribution in [0.3, 0.4) is 0 Å². The SMILES string of the molecule is CCC(C)NC(=O)COC(=O)COc1ccc(Br)cc1. The zero-order valence-electron chi connectivity index (χ0n) is 11.5. The number of carbonyl (C=O) groups excluding carboxylic acids is 2. The number of esters is 1. The molecule has 1 atom stereocenters. The summed E-state index contributed by atoms with van der Waals surface area (Å²) in [7, 11) is 0. The second-order valence-electron chi connectivity index (χ2n) is 4.28. The first kappa shape index (κ1) is 16.5. The van der Waals surface area contributed by atoms with E-state index in [-0.39, 0.29) is 25.2 Å². The van der Waals surface area contributed by atoms with Crippen molar-refractivity contribution in [2.45, 2.75) is 26.3 Å². The molecule has 0 aliphatic heterocycles. The van der Waals surface area contributed by atoms with Crippen molar-refractivity contribution >= 4 is 27.8 Å². The molecule has 0 fully saturated rings. The van der Waals surface area contributed by atoms with Gasteiger partial charge in [-0.2, -0.15) is 0 Å². The van der Waals surface area contributed by atoms with Gasteiger partial charge in [-0.3, -0.25) is 4.79 Å². The molecule has 6 heteroatoms. The molecule has 0 aliphatic carbocycles. The van der Waals surface area contributed by atoms with Gasteiger partial charge in [0.15, 0.2) is 13.2 Å². The number of benzene rings is 1. The number of hydrogen-bond acceptors (Lipinski definition) is 4. The molecule has 1 aromatic rings. The van der Waals surface area contributed by atoms with Gasteiger partial charge >= 0.3 is 5.97 Å². The highest BCUT2D eigenvalue weighted by Gasteiger charge is 2.10. The van der Waals surface area contributed by atoms with E-state index in [2.05, 4.69) is 21.2 Å². The molecule has 5 nitrogen and oxygen atoms in total. The number of nitrogens with one attached hydrogen (secondary N) is 1. The highest BCUT2D eigenvalue weighted by Crippen LogP contribution is 2.15. The second kappa shape index (κ2) is 8.58. The summed E-state index contributed by atoms with van der Waals surface area (Å²) in [6.07, 6.45) is 0.826. The van der Waals surface area contributed by atoms with E-state index in [9.17, 15) is 9.59 Å². The highest BCUT2D eigenvalue weighted by molar-refractivity contribution is 9.10. The molecule has 1 rings (SSSR count). The van der Waals surface area contributed by atoms with Gasteiger partial charge in [0.2, 0.25) is 0 Å². The Bertz CT molecular complexity index is 447. The van der Waals surface area contributed by atoms with E-state index in [0.29, 0.717) is 5.75 Å². The minimum Gasteiger partial charge on any atom is -0.482 e. The van der Waals surface area contributed by atoms with Crippen molar-refractivity contribution < 1.29 is 19.1 Å². The molecule has 1 amide bonds. The maximum absolute atomic E-state index is 11.4. The standard InChI is InChI=1S/C14H18BrNO4/c1-3-10(2)16-13(17)8-20-14(18)9-19-12-6-4-11(15)5-7-12/h4-7,10H,3,8-9H2,1-2H3,(H,16,17). The van der Waals surface area contributed by atoms with Crippen LogP contribution in [0.4, 0.5) is 0 Å². The molecule has 0 aliphatic rings. The van der Waals surface area contributed by atoms with Gasteiger partial charge in [0.1, 0.15) is 5.75 Å². The number of hydrogen-bond donors (Lipinski definition) is 1. The minimum absolute atomic E-state index is 0.0696. The zero-order chi connectivity index (χ0) is 15.0. The predicted molar refractivity (Wildman–Crippen MR) is 78.5 cm³/mol. The Hall–Kier alpha value is -1.56. The molecule has 0 saturated heterocycles. The van der Waals surface area contributed by atoms with Crippen molar-refractivity contribution in [1.82, 2.24) is 5.32 Å². The molecule has 0 heterocycles. The fourth-order valence-electron chi connectivity index (χ4n) is 1.28. The summed E-state index contributed by atoms with van der Waals surface area (Å²) in [5.74, 6) is -0.322. The fraction of sp³-hybridized carbons (Fsp3) is 0.429. The maximum Gasteiger partial charge on any atom is 0.344 e. The Morgan fingerprint density at radius 2 is 1.90 bits per heavy atom. The molecule has 0 aromatic heterocycles. The lowest BCUT2D eigenvalue weighted by Gasteiger charge is -2.11. The third-order valence-electron chi connectivity index (χ3n) is 2.55. The van der Waals surface area contributed by atoms with Crippen LogP contribution in [-0.2, 0) is 14.3 Å². The highest BCUT2D eigenvalue weighted by atomic mass is 79.9. The quantitative estimate of drug-likeness (QED) is 0.771. The first-order valence-electron chi connectivity index (χ1n) is 6.34. The first-order valence-corrected chi connectivity index (χ1v) is 7.14. The minimum atomic E-state index is -0.577. The largest absolute Gasteiger partial charge is 0.482 e. The van der Waals surface area contributed by atoms with Crippen molar-refractivity contribution in [3.8, 4) is 5.75 Å². The van der Waals surface area contributed by atoms with E-state index >= 15 is 0 Å². The average Bonchev–Trinajstić information content (AvgIpc) is 2.44. The third-order valence-corrected chi connectivity index (χ3v) is 3.08. The van der Waals surface area contributed by atoms with Gasteiger partial charge in [-0.1, -0.05) is 22.9 Å². The van der Waals surface area contributed by atoms with E-state index in [0.717, 1.165) is 10.9 Å². The van der Waals surface area contributed by atoms with Crippen molar-refractivity contribution in [2.24, 2.45) is 0 Å². The second-order valence-corrected chi connectivity index (χ2v) is 5.20. The number of rotatable bonds is 7. The Kier molecular flexibility index (Phi) is 7.08. The molecule has 1 aromatic carbocycles. The van der Waals surface area contributed by atoms with Crippen LogP contribution in [0.2, 0.25) is 0 Å². The lowest BCUT2D eigenvalue weighted by molar-refractivity contribution is -0.150. The molecule has 0 radical (unpaired) electrons. The van der Waals surface area contributed by atoms with Crippen molar-refractivity contribution in [3.63, 3.8) is 0 Å². The van der Waals surface area contributed by atoms with Crippen LogP contribution in [0.15, 0.2) is 28.7 Å². The van der Waals surface area contributed by atoms with Gasteiger partial charge in [-0.15, -0.1) is 0 Å². The smallest absolute Gasteiger partial charge is 0.344 e. The molecular weight excluding hydrogens is 326 g/mol. The summed E-state index contributed by atoms with van der Waals surface area (Å²) in [6.45, 7) is 3.34. The lowest BCUT2D eigenvalue weighted by Crippen LogP contribution is -2.35. The Labute approximate surface area is 126 Å². The third kappa shape index (κ3) is 6.56. The van der Waals surface area contributed by atoms with Crippen LogP contribution < -0.4 is 10.1 Å². The van der Waals surface area contributed by atoms with Crippen LogP contribution in [-0.4, -0.2) is 31.1 Å². The average molecular weight is 344 g/mol. The normalized spacial score (nSPS) is 11.6. The van der Waals surface area contributed by atoms with Gasteiger partial charge in [0.05, 0.1) is 0 Å². The molecule has 0 spiro atoms. The molecule has 20 heavy (non-hydrogen) atoms. The van der Waals surface area contributed by atoms with Gasteiger partial charge in [0.25, 0.3) is 5.91 Å².